The molecule has 0 heterocycles. The smallest absolute Gasteiger partial charge is 0.335 e. The molecule has 1 rings (SSSR count). The molecule has 0 aliphatic rings. The number of halogens is 1. The maximum absolute atomic E-state index is 13.6. The van der Waals surface area contributed by atoms with E-state index in [1.54, 1.807) is 6.92 Å². The van der Waals surface area contributed by atoms with Gasteiger partial charge in [-0.25, -0.2) is 17.6 Å². The van der Waals surface area contributed by atoms with Crippen LogP contribution < -0.4 is 0 Å². The molecule has 0 atom stereocenters. The summed E-state index contributed by atoms with van der Waals surface area (Å²) in [6.45, 7) is 5.26. The highest BCUT2D eigenvalue weighted by molar-refractivity contribution is 7.91. The van der Waals surface area contributed by atoms with Crippen LogP contribution in [0.1, 0.15) is 23.7 Å². The minimum absolute atomic E-state index is 0.239. The van der Waals surface area contributed by atoms with Gasteiger partial charge in [-0.15, -0.1) is 6.58 Å². The third kappa shape index (κ3) is 3.40. The molecule has 0 radical (unpaired) electrons. The van der Waals surface area contributed by atoms with E-state index in [9.17, 15) is 17.6 Å². The molecule has 0 bridgehead atoms. The fourth-order valence-electron chi connectivity index (χ4n) is 1.30. The molecule has 98 valence electrons. The molecular weight excluding hydrogens is 259 g/mol. The topological polar surface area (TPSA) is 71.4 Å². The number of allylic oxidation sites excluding steroid dienone is 1. The van der Waals surface area contributed by atoms with E-state index in [2.05, 4.69) is 6.58 Å². The molecule has 0 aliphatic carbocycles. The Morgan fingerprint density at radius 1 is 1.44 bits per heavy atom. The lowest BCUT2D eigenvalue weighted by Gasteiger charge is -2.06. The number of aromatic carboxylic acids is 1. The third-order valence-corrected chi connectivity index (χ3v) is 4.05. The van der Waals surface area contributed by atoms with Gasteiger partial charge in [-0.05, 0) is 31.5 Å². The van der Waals surface area contributed by atoms with Crippen molar-refractivity contribution in [3.05, 3.63) is 41.7 Å². The fraction of sp³-hybridized carbons (Fsp3) is 0.250. The highest BCUT2D eigenvalue weighted by Crippen LogP contribution is 2.19. The molecule has 0 aliphatic heterocycles. The van der Waals surface area contributed by atoms with Crippen LogP contribution in [0.25, 0.3) is 0 Å². The van der Waals surface area contributed by atoms with E-state index < -0.39 is 26.5 Å². The van der Waals surface area contributed by atoms with E-state index in [1.807, 2.05) is 0 Å². The summed E-state index contributed by atoms with van der Waals surface area (Å²) in [4.78, 5) is 10.1. The standard InChI is InChI=1S/C12H13FO4S/c1-8(2)5-6-18(16,17)11-4-3-9(12(14)15)7-10(11)13/h3-4,7H,1,5-6H2,2H3,(H,14,15). The Kier molecular flexibility index (Phi) is 4.24. The second-order valence-electron chi connectivity index (χ2n) is 3.98. The van der Waals surface area contributed by atoms with E-state index in [1.165, 1.54) is 0 Å². The summed E-state index contributed by atoms with van der Waals surface area (Å²) < 4.78 is 37.2. The maximum Gasteiger partial charge on any atom is 0.335 e. The van der Waals surface area contributed by atoms with Crippen molar-refractivity contribution in [3.8, 4) is 0 Å². The van der Waals surface area contributed by atoms with Crippen LogP contribution in [-0.4, -0.2) is 25.2 Å². The number of carboxylic acids is 1. The molecule has 18 heavy (non-hydrogen) atoms. The summed E-state index contributed by atoms with van der Waals surface area (Å²) in [5.74, 6) is -2.59. The van der Waals surface area contributed by atoms with Crippen LogP contribution in [0.2, 0.25) is 0 Å². The van der Waals surface area contributed by atoms with Crippen molar-refractivity contribution in [2.24, 2.45) is 0 Å². The average Bonchev–Trinajstić information content (AvgIpc) is 2.26. The van der Waals surface area contributed by atoms with Gasteiger partial charge in [0.05, 0.1) is 11.3 Å². The Morgan fingerprint density at radius 2 is 2.06 bits per heavy atom. The normalized spacial score (nSPS) is 11.2. The van der Waals surface area contributed by atoms with Crippen LogP contribution in [0, 0.1) is 5.82 Å². The van der Waals surface area contributed by atoms with Crippen molar-refractivity contribution in [1.82, 2.24) is 0 Å². The summed E-state index contributed by atoms with van der Waals surface area (Å²) in [6.07, 6.45) is 0.239. The van der Waals surface area contributed by atoms with Crippen LogP contribution in [0.3, 0.4) is 0 Å². The molecule has 0 unspecified atom stereocenters. The lowest BCUT2D eigenvalue weighted by Crippen LogP contribution is -2.10. The summed E-state index contributed by atoms with van der Waals surface area (Å²) in [5, 5.41) is 8.65. The van der Waals surface area contributed by atoms with Crippen LogP contribution in [0.4, 0.5) is 4.39 Å². The number of sulfone groups is 1. The lowest BCUT2D eigenvalue weighted by molar-refractivity contribution is 0.0696. The van der Waals surface area contributed by atoms with Gasteiger partial charge in [0.25, 0.3) is 0 Å². The summed E-state index contributed by atoms with van der Waals surface area (Å²) in [7, 11) is -3.76. The van der Waals surface area contributed by atoms with Crippen LogP contribution >= 0.6 is 0 Å². The molecule has 0 aromatic heterocycles. The van der Waals surface area contributed by atoms with Gasteiger partial charge >= 0.3 is 5.97 Å². The molecule has 4 nitrogen and oxygen atoms in total. The number of carbonyl (C=O) groups is 1. The third-order valence-electron chi connectivity index (χ3n) is 2.31. The minimum atomic E-state index is -3.76. The van der Waals surface area contributed by atoms with Gasteiger partial charge in [-0.1, -0.05) is 5.57 Å². The zero-order chi connectivity index (χ0) is 13.9. The van der Waals surface area contributed by atoms with Crippen molar-refractivity contribution in [1.29, 1.82) is 0 Å². The monoisotopic (exact) mass is 272 g/mol. The quantitative estimate of drug-likeness (QED) is 0.835. The lowest BCUT2D eigenvalue weighted by atomic mass is 10.2. The maximum atomic E-state index is 13.6. The van der Waals surface area contributed by atoms with E-state index in [-0.39, 0.29) is 17.7 Å². The van der Waals surface area contributed by atoms with Gasteiger partial charge in [0, 0.05) is 0 Å². The first-order valence-electron chi connectivity index (χ1n) is 5.14. The Hall–Kier alpha value is -1.69. The summed E-state index contributed by atoms with van der Waals surface area (Å²) in [5.41, 5.74) is 0.396. The number of benzene rings is 1. The van der Waals surface area contributed by atoms with Gasteiger partial charge in [0.2, 0.25) is 0 Å². The Bertz CT molecular complexity index is 590. The minimum Gasteiger partial charge on any atom is -0.478 e. The predicted molar refractivity (Wildman–Crippen MR) is 64.8 cm³/mol. The molecule has 1 aromatic rings. The van der Waals surface area contributed by atoms with Gasteiger partial charge < -0.3 is 5.11 Å². The number of carboxylic acid groups (broad SMARTS) is 1. The number of rotatable bonds is 5. The van der Waals surface area contributed by atoms with Crippen molar-refractivity contribution in [2.75, 3.05) is 5.75 Å². The van der Waals surface area contributed by atoms with Crippen molar-refractivity contribution >= 4 is 15.8 Å². The first-order chi connectivity index (χ1) is 8.24. The van der Waals surface area contributed by atoms with Crippen LogP contribution in [-0.2, 0) is 9.84 Å². The molecule has 0 spiro atoms. The van der Waals surface area contributed by atoms with Gasteiger partial charge in [0.1, 0.15) is 10.7 Å². The van der Waals surface area contributed by atoms with Crippen LogP contribution in [0.15, 0.2) is 35.2 Å². The SMILES string of the molecule is C=C(C)CCS(=O)(=O)c1ccc(C(=O)O)cc1F. The molecule has 0 saturated heterocycles. The Labute approximate surface area is 105 Å². The van der Waals surface area contributed by atoms with E-state index in [0.717, 1.165) is 12.1 Å². The van der Waals surface area contributed by atoms with Gasteiger partial charge in [0.15, 0.2) is 9.84 Å². The summed E-state index contributed by atoms with van der Waals surface area (Å²) in [6, 6.07) is 2.75. The fourth-order valence-corrected chi connectivity index (χ4v) is 2.77. The van der Waals surface area contributed by atoms with Crippen molar-refractivity contribution < 1.29 is 22.7 Å². The van der Waals surface area contributed by atoms with Crippen molar-refractivity contribution in [2.45, 2.75) is 18.2 Å². The molecule has 6 heteroatoms. The second-order valence-corrected chi connectivity index (χ2v) is 6.05. The Morgan fingerprint density at radius 3 is 2.50 bits per heavy atom. The van der Waals surface area contributed by atoms with Crippen LogP contribution in [0.5, 0.6) is 0 Å². The molecule has 1 aromatic carbocycles. The molecule has 1 N–H and O–H groups in total. The van der Waals surface area contributed by atoms with E-state index >= 15 is 0 Å². The van der Waals surface area contributed by atoms with Gasteiger partial charge in [-0.3, -0.25) is 0 Å². The molecule has 0 fully saturated rings. The van der Waals surface area contributed by atoms with E-state index in [0.29, 0.717) is 11.6 Å². The second kappa shape index (κ2) is 5.30. The zero-order valence-corrected chi connectivity index (χ0v) is 10.6. The zero-order valence-electron chi connectivity index (χ0n) is 9.81. The average molecular weight is 272 g/mol. The molecular formula is C12H13FO4S. The highest BCUT2D eigenvalue weighted by Gasteiger charge is 2.20. The first kappa shape index (κ1) is 14.4. The van der Waals surface area contributed by atoms with Crippen molar-refractivity contribution in [3.63, 3.8) is 0 Å². The first-order valence-corrected chi connectivity index (χ1v) is 6.79. The molecule has 0 amide bonds. The van der Waals surface area contributed by atoms with E-state index in [4.69, 9.17) is 5.11 Å². The predicted octanol–water partition coefficient (Wildman–Crippen LogP) is 2.26. The Balaban J connectivity index is 3.10. The molecule has 0 saturated carbocycles. The summed E-state index contributed by atoms with van der Waals surface area (Å²) >= 11 is 0. The largest absolute Gasteiger partial charge is 0.478 e. The number of hydrogen-bond donors (Lipinski definition) is 1. The highest BCUT2D eigenvalue weighted by atomic mass is 32.2. The number of hydrogen-bond acceptors (Lipinski definition) is 3. The van der Waals surface area contributed by atoms with Gasteiger partial charge in [-0.2, -0.15) is 0 Å².